The van der Waals surface area contributed by atoms with Gasteiger partial charge < -0.3 is 14.2 Å². The highest BCUT2D eigenvalue weighted by Crippen LogP contribution is 2.38. The quantitative estimate of drug-likeness (QED) is 0.0685. The van der Waals surface area contributed by atoms with E-state index < -0.39 is 17.6 Å². The third-order valence-electron chi connectivity index (χ3n) is 10.8. The van der Waals surface area contributed by atoms with Crippen molar-refractivity contribution in [3.63, 3.8) is 0 Å². The van der Waals surface area contributed by atoms with Crippen LogP contribution in [0.25, 0.3) is 0 Å². The van der Waals surface area contributed by atoms with E-state index in [9.17, 15) is 9.59 Å². The van der Waals surface area contributed by atoms with E-state index in [1.54, 1.807) is 0 Å². The molecule has 7 aromatic carbocycles. The molecule has 0 radical (unpaired) electrons. The molecule has 1 N–H and O–H groups in total. The molecule has 0 aliphatic rings. The molecule has 2 atom stereocenters. The summed E-state index contributed by atoms with van der Waals surface area (Å²) in [5.41, 5.74) is 6.32. The summed E-state index contributed by atoms with van der Waals surface area (Å²) in [5.74, 6) is 0.683. The largest absolute Gasteiger partial charge is 0.468 e. The predicted octanol–water partition coefficient (Wildman–Crippen LogP) is 9.93. The van der Waals surface area contributed by atoms with Gasteiger partial charge >= 0.3 is 11.9 Å². The normalized spacial score (nSPS) is 12.3. The van der Waals surface area contributed by atoms with Gasteiger partial charge in [0.1, 0.15) is 23.6 Å². The van der Waals surface area contributed by atoms with Gasteiger partial charge in [-0.1, -0.05) is 176 Å². The van der Waals surface area contributed by atoms with Gasteiger partial charge in [0.05, 0.1) is 19.8 Å². The summed E-state index contributed by atoms with van der Waals surface area (Å²) < 4.78 is 17.0. The summed E-state index contributed by atoms with van der Waals surface area (Å²) in [4.78, 5) is 29.1. The van der Waals surface area contributed by atoms with Gasteiger partial charge in [0.2, 0.25) is 0 Å². The Bertz CT molecular complexity index is 2240. The molecule has 7 rings (SSSR count). The first-order chi connectivity index (χ1) is 29.4. The van der Waals surface area contributed by atoms with Crippen LogP contribution in [0.1, 0.15) is 38.9 Å². The maximum absolute atomic E-state index is 13.6. The molecule has 7 aromatic rings. The van der Waals surface area contributed by atoms with E-state index in [-0.39, 0.29) is 11.9 Å². The third kappa shape index (κ3) is 10.2. The van der Waals surface area contributed by atoms with E-state index in [4.69, 9.17) is 14.2 Å². The highest BCUT2D eigenvalue weighted by molar-refractivity contribution is 5.77. The lowest BCUT2D eigenvalue weighted by atomic mass is 9.76. The Kier molecular flexibility index (Phi) is 14.0. The number of benzene rings is 7. The summed E-state index contributed by atoms with van der Waals surface area (Å²) in [6.45, 7) is 1.19. The Morgan fingerprint density at radius 1 is 0.467 bits per heavy atom. The zero-order chi connectivity index (χ0) is 41.6. The first-order valence-corrected chi connectivity index (χ1v) is 20.2. The lowest BCUT2D eigenvalue weighted by Crippen LogP contribution is -2.53. The van der Waals surface area contributed by atoms with Gasteiger partial charge in [-0.25, -0.2) is 0 Å². The molecule has 0 spiro atoms. The smallest absolute Gasteiger partial charge is 0.323 e. The first kappa shape index (κ1) is 41.4. The van der Waals surface area contributed by atoms with Crippen molar-refractivity contribution in [2.24, 2.45) is 0 Å². The zero-order valence-electron chi connectivity index (χ0n) is 34.0. The summed E-state index contributed by atoms with van der Waals surface area (Å²) in [7, 11) is 2.87. The van der Waals surface area contributed by atoms with Crippen LogP contribution in [0.2, 0.25) is 0 Å². The standard InChI is InChI=1S/C53H50N2O5/c1-58-51(56)49(54-53(44-22-12-5-13-23-44,45-24-14-6-15-25-45)46-26-16-7-17-27-46)36-40-28-32-47(33-29-40)60-48-34-30-41(31-35-48)37-50(52(57)59-2)55(38-42-18-8-3-9-19-42)39-43-20-10-4-11-21-43/h3-35,49-50,54H,36-39H2,1-2H3/t49-,50-/m0/s1. The second-order valence-electron chi connectivity index (χ2n) is 14.8. The molecule has 0 saturated heterocycles. The number of nitrogens with one attached hydrogen (secondary N) is 1. The molecule has 302 valence electrons. The Morgan fingerprint density at radius 2 is 0.833 bits per heavy atom. The monoisotopic (exact) mass is 794 g/mol. The summed E-state index contributed by atoms with van der Waals surface area (Å²) in [6, 6.07) is 65.4. The van der Waals surface area contributed by atoms with Crippen LogP contribution < -0.4 is 10.1 Å². The summed E-state index contributed by atoms with van der Waals surface area (Å²) in [5, 5.41) is 3.79. The predicted molar refractivity (Wildman–Crippen MR) is 236 cm³/mol. The molecule has 0 unspecified atom stereocenters. The van der Waals surface area contributed by atoms with E-state index in [1.807, 2.05) is 140 Å². The molecule has 7 heteroatoms. The Balaban J connectivity index is 1.07. The number of carbonyl (C=O) groups excluding carboxylic acids is 2. The topological polar surface area (TPSA) is 77.1 Å². The van der Waals surface area contributed by atoms with Crippen LogP contribution in [0.15, 0.2) is 200 Å². The lowest BCUT2D eigenvalue weighted by Gasteiger charge is -2.39. The Labute approximate surface area is 353 Å². The number of hydrogen-bond donors (Lipinski definition) is 1. The van der Waals surface area contributed by atoms with E-state index >= 15 is 0 Å². The van der Waals surface area contributed by atoms with E-state index in [2.05, 4.69) is 70.9 Å². The number of hydrogen-bond acceptors (Lipinski definition) is 7. The molecule has 0 bridgehead atoms. The number of esters is 2. The van der Waals surface area contributed by atoms with Crippen LogP contribution in [0.5, 0.6) is 11.5 Å². The number of methoxy groups -OCH3 is 2. The molecular weight excluding hydrogens is 745 g/mol. The highest BCUT2D eigenvalue weighted by atomic mass is 16.5. The molecule has 0 aliphatic heterocycles. The molecule has 0 saturated carbocycles. The van der Waals surface area contributed by atoms with E-state index in [1.165, 1.54) is 14.2 Å². The molecule has 7 nitrogen and oxygen atoms in total. The fourth-order valence-electron chi connectivity index (χ4n) is 7.80. The highest BCUT2D eigenvalue weighted by Gasteiger charge is 2.40. The first-order valence-electron chi connectivity index (χ1n) is 20.2. The van der Waals surface area contributed by atoms with Gasteiger partial charge in [-0.2, -0.15) is 0 Å². The van der Waals surface area contributed by atoms with Gasteiger partial charge in [-0.3, -0.25) is 19.8 Å². The van der Waals surface area contributed by atoms with Crippen molar-refractivity contribution in [2.75, 3.05) is 14.2 Å². The minimum Gasteiger partial charge on any atom is -0.468 e. The average molecular weight is 795 g/mol. The van der Waals surface area contributed by atoms with Gasteiger partial charge in [-0.05, 0) is 76.1 Å². The van der Waals surface area contributed by atoms with Crippen LogP contribution in [-0.4, -0.2) is 43.1 Å². The summed E-state index contributed by atoms with van der Waals surface area (Å²) >= 11 is 0. The van der Waals surface area contributed by atoms with Crippen LogP contribution in [0.3, 0.4) is 0 Å². The molecule has 0 amide bonds. The maximum Gasteiger partial charge on any atom is 0.323 e. The lowest BCUT2D eigenvalue weighted by molar-refractivity contribution is -0.147. The zero-order valence-corrected chi connectivity index (χ0v) is 34.0. The van der Waals surface area contributed by atoms with E-state index in [0.29, 0.717) is 37.4 Å². The number of rotatable bonds is 18. The second-order valence-corrected chi connectivity index (χ2v) is 14.8. The van der Waals surface area contributed by atoms with Crippen molar-refractivity contribution in [1.82, 2.24) is 10.2 Å². The Hall–Kier alpha value is -6.80. The molecule has 0 fully saturated rings. The van der Waals surface area contributed by atoms with Crippen LogP contribution in [0, 0.1) is 0 Å². The van der Waals surface area contributed by atoms with E-state index in [0.717, 1.165) is 38.9 Å². The number of carbonyl (C=O) groups is 2. The van der Waals surface area contributed by atoms with Gasteiger partial charge in [0.15, 0.2) is 0 Å². The summed E-state index contributed by atoms with van der Waals surface area (Å²) in [6.07, 6.45) is 0.847. The fraction of sp³-hybridized carbons (Fsp3) is 0.170. The molecule has 0 aromatic heterocycles. The second kappa shape index (κ2) is 20.3. The molecular formula is C53H50N2O5. The van der Waals surface area contributed by atoms with Crippen molar-refractivity contribution in [3.05, 3.63) is 239 Å². The number of ether oxygens (including phenoxy) is 3. The van der Waals surface area contributed by atoms with Crippen LogP contribution in [0.4, 0.5) is 0 Å². The minimum atomic E-state index is -0.850. The van der Waals surface area contributed by atoms with Gasteiger partial charge in [-0.15, -0.1) is 0 Å². The van der Waals surface area contributed by atoms with Crippen molar-refractivity contribution in [3.8, 4) is 11.5 Å². The average Bonchev–Trinajstić information content (AvgIpc) is 3.31. The Morgan fingerprint density at radius 3 is 1.22 bits per heavy atom. The van der Waals surface area contributed by atoms with Gasteiger partial charge in [0.25, 0.3) is 0 Å². The minimum absolute atomic E-state index is 0.280. The third-order valence-corrected chi connectivity index (χ3v) is 10.8. The van der Waals surface area contributed by atoms with Gasteiger partial charge in [0, 0.05) is 13.1 Å². The van der Waals surface area contributed by atoms with Crippen molar-refractivity contribution in [2.45, 2.75) is 43.6 Å². The van der Waals surface area contributed by atoms with Crippen molar-refractivity contribution in [1.29, 1.82) is 0 Å². The number of nitrogens with zero attached hydrogens (tertiary/aromatic N) is 1. The van der Waals surface area contributed by atoms with Crippen LogP contribution in [-0.2, 0) is 50.5 Å². The molecule has 60 heavy (non-hydrogen) atoms. The van der Waals surface area contributed by atoms with Crippen molar-refractivity contribution < 1.29 is 23.8 Å². The molecule has 0 heterocycles. The van der Waals surface area contributed by atoms with Crippen molar-refractivity contribution >= 4 is 11.9 Å². The molecule has 0 aliphatic carbocycles. The van der Waals surface area contributed by atoms with Crippen LogP contribution >= 0.6 is 0 Å². The fourth-order valence-corrected chi connectivity index (χ4v) is 7.80. The maximum atomic E-state index is 13.6. The SMILES string of the molecule is COC(=O)[C@H](Cc1ccc(Oc2ccc(C[C@@H](C(=O)OC)N(Cc3ccccc3)Cc3ccccc3)cc2)cc1)NC(c1ccccc1)(c1ccccc1)c1ccccc1.